The molecule has 1 atom stereocenters. The van der Waals surface area contributed by atoms with E-state index < -0.39 is 13.0 Å². The van der Waals surface area contributed by atoms with Gasteiger partial charge in [0.1, 0.15) is 0 Å². The first kappa shape index (κ1) is 13.4. The summed E-state index contributed by atoms with van der Waals surface area (Å²) < 4.78 is 11.4. The van der Waals surface area contributed by atoms with E-state index in [1.54, 1.807) is 0 Å². The van der Waals surface area contributed by atoms with Gasteiger partial charge >= 0.3 is 0 Å². The molecule has 1 fully saturated rings. The number of halogens is 1. The van der Waals surface area contributed by atoms with Crippen molar-refractivity contribution in [1.29, 1.82) is 0 Å². The van der Waals surface area contributed by atoms with Crippen LogP contribution in [0.4, 0.5) is 0 Å². The van der Waals surface area contributed by atoms with Crippen molar-refractivity contribution in [3.05, 3.63) is 0 Å². The van der Waals surface area contributed by atoms with Gasteiger partial charge in [0, 0.05) is 6.16 Å². The molecule has 0 spiro atoms. The Labute approximate surface area is 84.4 Å². The Hall–Kier alpha value is 0.400. The number of nitrogens with two attached hydrogens (primary N) is 1. The minimum Gasteiger partial charge on any atom is -0.389 e. The Balaban J connectivity index is 0.00000144. The highest BCUT2D eigenvalue weighted by molar-refractivity contribution is 7.58. The third-order valence-electron chi connectivity index (χ3n) is 2.08. The maximum Gasteiger partial charge on any atom is 0.203 e. The van der Waals surface area contributed by atoms with Gasteiger partial charge in [-0.2, -0.15) is 0 Å². The van der Waals surface area contributed by atoms with E-state index in [4.69, 9.17) is 5.73 Å². The molecule has 1 aliphatic rings. The average molecular weight is 230 g/mol. The van der Waals surface area contributed by atoms with Crippen LogP contribution in [0.5, 0.6) is 0 Å². The predicted molar refractivity (Wildman–Crippen MR) is 54.7 cm³/mol. The summed E-state index contributed by atoms with van der Waals surface area (Å²) in [5.41, 5.74) is 4.40. The molecule has 0 heterocycles. The molecule has 80 valence electrons. The predicted octanol–water partition coefficient (Wildman–Crippen LogP) is 0.552. The van der Waals surface area contributed by atoms with Gasteiger partial charge in [-0.3, -0.25) is 4.57 Å². The maximum atomic E-state index is 11.4. The fourth-order valence-corrected chi connectivity index (χ4v) is 3.25. The van der Waals surface area contributed by atoms with Crippen molar-refractivity contribution < 1.29 is 14.6 Å². The summed E-state index contributed by atoms with van der Waals surface area (Å²) in [4.78, 5) is 9.36. The zero-order valence-electron chi connectivity index (χ0n) is 7.48. The van der Waals surface area contributed by atoms with Crippen LogP contribution in [0.25, 0.3) is 0 Å². The van der Waals surface area contributed by atoms with E-state index in [0.717, 1.165) is 0 Å². The summed E-state index contributed by atoms with van der Waals surface area (Å²) in [6.07, 6.45) is 2.19. The van der Waals surface area contributed by atoms with E-state index in [0.29, 0.717) is 25.8 Å². The molecule has 0 aromatic carbocycles. The average Bonchev–Trinajstić information content (AvgIpc) is 2.62. The molecule has 6 heteroatoms. The lowest BCUT2D eigenvalue weighted by Crippen LogP contribution is -2.15. The molecule has 1 unspecified atom stereocenters. The van der Waals surface area contributed by atoms with E-state index in [1.807, 2.05) is 0 Å². The van der Waals surface area contributed by atoms with Gasteiger partial charge < -0.3 is 15.7 Å². The number of rotatable bonds is 5. The van der Waals surface area contributed by atoms with Crippen molar-refractivity contribution in [3.63, 3.8) is 0 Å². The summed E-state index contributed by atoms with van der Waals surface area (Å²) in [5.74, 6) is 0. The Morgan fingerprint density at radius 1 is 1.46 bits per heavy atom. The van der Waals surface area contributed by atoms with Crippen LogP contribution in [-0.2, 0) is 4.57 Å². The van der Waals surface area contributed by atoms with Crippen LogP contribution in [0.2, 0.25) is 0 Å². The molecule has 4 nitrogen and oxygen atoms in total. The molecule has 0 aromatic heterocycles. The van der Waals surface area contributed by atoms with Crippen LogP contribution in [0, 0.1) is 0 Å². The molecule has 4 N–H and O–H groups in total. The van der Waals surface area contributed by atoms with Gasteiger partial charge in [0.05, 0.1) is 11.8 Å². The van der Waals surface area contributed by atoms with E-state index >= 15 is 0 Å². The topological polar surface area (TPSA) is 83.6 Å². The van der Waals surface area contributed by atoms with Crippen molar-refractivity contribution in [3.8, 4) is 0 Å². The third kappa shape index (κ3) is 4.99. The Morgan fingerprint density at radius 3 is 2.38 bits per heavy atom. The van der Waals surface area contributed by atoms with E-state index in [-0.39, 0.29) is 24.7 Å². The first-order valence-corrected chi connectivity index (χ1v) is 6.24. The number of hydrogen-bond acceptors (Lipinski definition) is 3. The quantitative estimate of drug-likeness (QED) is 0.602. The third-order valence-corrected chi connectivity index (χ3v) is 4.18. The molecule has 0 saturated heterocycles. The van der Waals surface area contributed by atoms with Crippen molar-refractivity contribution >= 4 is 19.8 Å². The molecule has 0 amide bonds. The smallest absolute Gasteiger partial charge is 0.203 e. The lowest BCUT2D eigenvalue weighted by Gasteiger charge is -2.14. The highest BCUT2D eigenvalue weighted by Crippen LogP contribution is 2.51. The van der Waals surface area contributed by atoms with Crippen LogP contribution >= 0.6 is 19.8 Å². The van der Waals surface area contributed by atoms with Crippen molar-refractivity contribution in [2.24, 2.45) is 5.73 Å². The van der Waals surface area contributed by atoms with E-state index in [9.17, 15) is 14.6 Å². The zero-order valence-corrected chi connectivity index (χ0v) is 9.19. The lowest BCUT2D eigenvalue weighted by molar-refractivity contribution is 0.171. The summed E-state index contributed by atoms with van der Waals surface area (Å²) >= 11 is 0. The molecule has 1 saturated carbocycles. The monoisotopic (exact) mass is 229 g/mol. The zero-order chi connectivity index (χ0) is 9.24. The first-order valence-electron chi connectivity index (χ1n) is 4.21. The van der Waals surface area contributed by atoms with E-state index in [2.05, 4.69) is 0 Å². The summed E-state index contributed by atoms with van der Waals surface area (Å²) in [6.45, 7) is 0.434. The van der Waals surface area contributed by atoms with Gasteiger partial charge in [0.2, 0.25) is 7.37 Å². The molecule has 0 aliphatic heterocycles. The number of aliphatic hydroxyl groups is 1. The molecule has 0 bridgehead atoms. The van der Waals surface area contributed by atoms with Crippen LogP contribution in [0.1, 0.15) is 19.3 Å². The summed E-state index contributed by atoms with van der Waals surface area (Å²) in [6, 6.07) is 0. The first-order chi connectivity index (χ1) is 5.47. The molecule has 0 radical (unpaired) electrons. The SMILES string of the molecule is Cl.NCCCP(=O)(O)CC1(O)CC1. The summed E-state index contributed by atoms with van der Waals surface area (Å²) in [7, 11) is -3.10. The highest BCUT2D eigenvalue weighted by atomic mass is 35.5. The van der Waals surface area contributed by atoms with Gasteiger partial charge in [-0.15, -0.1) is 12.4 Å². The van der Waals surface area contributed by atoms with E-state index in [1.165, 1.54) is 0 Å². The molecule has 1 rings (SSSR count). The van der Waals surface area contributed by atoms with Crippen molar-refractivity contribution in [2.45, 2.75) is 24.9 Å². The minimum atomic E-state index is -3.10. The Bertz CT molecular complexity index is 208. The lowest BCUT2D eigenvalue weighted by atomic mass is 10.4. The second kappa shape index (κ2) is 4.76. The minimum absolute atomic E-state index is 0. The van der Waals surface area contributed by atoms with Crippen LogP contribution in [-0.4, -0.2) is 34.5 Å². The van der Waals surface area contributed by atoms with Crippen LogP contribution < -0.4 is 5.73 Å². The van der Waals surface area contributed by atoms with Crippen LogP contribution in [0.15, 0.2) is 0 Å². The van der Waals surface area contributed by atoms with Gasteiger partial charge in [0.25, 0.3) is 0 Å². The largest absolute Gasteiger partial charge is 0.389 e. The fourth-order valence-electron chi connectivity index (χ4n) is 1.18. The second-order valence-electron chi connectivity index (χ2n) is 3.59. The van der Waals surface area contributed by atoms with Gasteiger partial charge in [-0.05, 0) is 25.8 Å². The maximum absolute atomic E-state index is 11.4. The van der Waals surface area contributed by atoms with Crippen molar-refractivity contribution in [2.75, 3.05) is 18.9 Å². The molecule has 0 aromatic rings. The summed E-state index contributed by atoms with van der Waals surface area (Å²) in [5, 5.41) is 9.40. The molecule has 13 heavy (non-hydrogen) atoms. The fraction of sp³-hybridized carbons (Fsp3) is 1.00. The Morgan fingerprint density at radius 2 is 2.00 bits per heavy atom. The van der Waals surface area contributed by atoms with Crippen molar-refractivity contribution in [1.82, 2.24) is 0 Å². The van der Waals surface area contributed by atoms with Gasteiger partial charge in [0.15, 0.2) is 0 Å². The Kier molecular flexibility index (Phi) is 4.91. The molecular formula is C7H17ClNO3P. The number of hydrogen-bond donors (Lipinski definition) is 3. The molecule has 1 aliphatic carbocycles. The van der Waals surface area contributed by atoms with Gasteiger partial charge in [-0.1, -0.05) is 0 Å². The van der Waals surface area contributed by atoms with Crippen LogP contribution in [0.3, 0.4) is 0 Å². The molecular weight excluding hydrogens is 213 g/mol. The van der Waals surface area contributed by atoms with Gasteiger partial charge in [-0.25, -0.2) is 0 Å². The normalized spacial score (nSPS) is 23.0. The second-order valence-corrected chi connectivity index (χ2v) is 6.05. The highest BCUT2D eigenvalue weighted by Gasteiger charge is 2.45. The standard InChI is InChI=1S/C7H16NO3P.ClH/c8-4-1-5-12(10,11)6-7(9)2-3-7;/h9H,1-6,8H2,(H,10,11);1H.